The Morgan fingerprint density at radius 3 is 2.70 bits per heavy atom. The van der Waals surface area contributed by atoms with E-state index in [9.17, 15) is 0 Å². The lowest BCUT2D eigenvalue weighted by molar-refractivity contribution is 0.109. The van der Waals surface area contributed by atoms with Crippen molar-refractivity contribution in [3.8, 4) is 0 Å². The second-order valence-corrected chi connectivity index (χ2v) is 6.34. The molecule has 20 heavy (non-hydrogen) atoms. The van der Waals surface area contributed by atoms with Crippen molar-refractivity contribution in [3.63, 3.8) is 0 Å². The van der Waals surface area contributed by atoms with Crippen LogP contribution in [0.2, 0.25) is 0 Å². The van der Waals surface area contributed by atoms with Gasteiger partial charge in [-0.05, 0) is 36.5 Å². The van der Waals surface area contributed by atoms with Crippen LogP contribution in [0.3, 0.4) is 0 Å². The lowest BCUT2D eigenvalue weighted by Gasteiger charge is -2.18. The van der Waals surface area contributed by atoms with E-state index < -0.39 is 0 Å². The largest absolute Gasteiger partial charge is 0.383 e. The molecule has 0 spiro atoms. The fourth-order valence-corrected chi connectivity index (χ4v) is 2.38. The van der Waals surface area contributed by atoms with Gasteiger partial charge in [0.2, 0.25) is 0 Å². The molecule has 0 aromatic heterocycles. The van der Waals surface area contributed by atoms with Crippen LogP contribution in [-0.2, 0) is 9.47 Å². The molecule has 0 amide bonds. The zero-order chi connectivity index (χ0) is 14.2. The first-order valence-electron chi connectivity index (χ1n) is 7.32. The maximum Gasteiger partial charge on any atom is 0.0587 e. The van der Waals surface area contributed by atoms with Gasteiger partial charge in [0.15, 0.2) is 0 Å². The van der Waals surface area contributed by atoms with Crippen LogP contribution < -0.4 is 5.32 Å². The van der Waals surface area contributed by atoms with E-state index in [1.165, 1.54) is 18.4 Å². The summed E-state index contributed by atoms with van der Waals surface area (Å²) < 4.78 is 12.1. The maximum atomic E-state index is 5.88. The molecule has 1 aliphatic carbocycles. The van der Waals surface area contributed by atoms with E-state index in [4.69, 9.17) is 9.47 Å². The first-order chi connectivity index (χ1) is 9.79. The van der Waals surface area contributed by atoms with Crippen LogP contribution in [0.1, 0.15) is 24.3 Å². The van der Waals surface area contributed by atoms with E-state index in [2.05, 4.69) is 45.5 Å². The number of benzene rings is 1. The van der Waals surface area contributed by atoms with Crippen LogP contribution >= 0.6 is 15.9 Å². The Morgan fingerprint density at radius 1 is 1.30 bits per heavy atom. The molecule has 1 atom stereocenters. The second-order valence-electron chi connectivity index (χ2n) is 5.43. The van der Waals surface area contributed by atoms with Crippen molar-refractivity contribution in [2.45, 2.75) is 18.8 Å². The Bertz CT molecular complexity index is 379. The molecule has 1 fully saturated rings. The highest BCUT2D eigenvalue weighted by Crippen LogP contribution is 2.29. The lowest BCUT2D eigenvalue weighted by atomic mass is 10.00. The fraction of sp³-hybridized carbons (Fsp3) is 0.625. The van der Waals surface area contributed by atoms with E-state index in [-0.39, 0.29) is 0 Å². The summed E-state index contributed by atoms with van der Waals surface area (Å²) in [7, 11) is 1.73. The molecule has 4 heteroatoms. The van der Waals surface area contributed by atoms with E-state index in [1.54, 1.807) is 7.11 Å². The number of ether oxygens (including phenoxy) is 2. The third-order valence-electron chi connectivity index (χ3n) is 3.58. The number of hydrogen-bond acceptors (Lipinski definition) is 3. The molecule has 0 radical (unpaired) electrons. The summed E-state index contributed by atoms with van der Waals surface area (Å²) in [5, 5.41) is 3.44. The Morgan fingerprint density at radius 2 is 2.05 bits per heavy atom. The zero-order valence-electron chi connectivity index (χ0n) is 12.1. The van der Waals surface area contributed by atoms with Crippen LogP contribution in [0, 0.1) is 5.92 Å². The number of halogens is 1. The highest BCUT2D eigenvalue weighted by atomic mass is 79.9. The zero-order valence-corrected chi connectivity index (χ0v) is 13.7. The Labute approximate surface area is 130 Å². The summed E-state index contributed by atoms with van der Waals surface area (Å²) in [6, 6.07) is 8.54. The van der Waals surface area contributed by atoms with Crippen LogP contribution in [-0.4, -0.2) is 40.0 Å². The van der Waals surface area contributed by atoms with Crippen molar-refractivity contribution in [1.82, 2.24) is 5.32 Å². The van der Waals surface area contributed by atoms with Crippen LogP contribution in [0.25, 0.3) is 0 Å². The van der Waals surface area contributed by atoms with Crippen molar-refractivity contribution < 1.29 is 9.47 Å². The predicted octanol–water partition coefficient (Wildman–Crippen LogP) is 3.20. The number of methoxy groups -OCH3 is 1. The van der Waals surface area contributed by atoms with Gasteiger partial charge in [-0.15, -0.1) is 0 Å². The summed E-state index contributed by atoms with van der Waals surface area (Å²) >= 11 is 3.48. The van der Waals surface area contributed by atoms with Crippen molar-refractivity contribution in [3.05, 3.63) is 34.3 Å². The normalized spacial score (nSPS) is 16.3. The summed E-state index contributed by atoms with van der Waals surface area (Å²) in [5.74, 6) is 1.22. The molecule has 112 valence electrons. The topological polar surface area (TPSA) is 30.5 Å². The molecule has 0 bridgehead atoms. The molecule has 0 heterocycles. The first-order valence-corrected chi connectivity index (χ1v) is 8.11. The van der Waals surface area contributed by atoms with E-state index in [0.29, 0.717) is 5.92 Å². The molecular weight excluding hydrogens is 318 g/mol. The molecule has 1 aliphatic rings. The highest BCUT2D eigenvalue weighted by Gasteiger charge is 2.22. The smallest absolute Gasteiger partial charge is 0.0587 e. The monoisotopic (exact) mass is 341 g/mol. The van der Waals surface area contributed by atoms with Crippen LogP contribution in [0.15, 0.2) is 28.7 Å². The van der Waals surface area contributed by atoms with Gasteiger partial charge in [-0.25, -0.2) is 0 Å². The average molecular weight is 342 g/mol. The third-order valence-corrected chi connectivity index (χ3v) is 4.11. The molecular formula is C16H24BrNO2. The lowest BCUT2D eigenvalue weighted by Crippen LogP contribution is -2.27. The molecule has 0 aliphatic heterocycles. The average Bonchev–Trinajstić information content (AvgIpc) is 3.27. The van der Waals surface area contributed by atoms with Gasteiger partial charge in [-0.1, -0.05) is 28.1 Å². The molecule has 1 saturated carbocycles. The third kappa shape index (κ3) is 5.92. The van der Waals surface area contributed by atoms with Gasteiger partial charge < -0.3 is 14.8 Å². The predicted molar refractivity (Wildman–Crippen MR) is 85.2 cm³/mol. The van der Waals surface area contributed by atoms with Gasteiger partial charge in [-0.3, -0.25) is 0 Å². The molecule has 3 nitrogen and oxygen atoms in total. The minimum atomic E-state index is 0.402. The Kier molecular flexibility index (Phi) is 7.00. The summed E-state index contributed by atoms with van der Waals surface area (Å²) in [6.07, 6.45) is 2.68. The Hall–Kier alpha value is -0.420. The molecule has 1 aromatic carbocycles. The van der Waals surface area contributed by atoms with Crippen LogP contribution in [0.4, 0.5) is 0 Å². The first kappa shape index (κ1) is 16.0. The molecule has 1 aromatic rings. The highest BCUT2D eigenvalue weighted by molar-refractivity contribution is 9.10. The number of nitrogens with one attached hydrogen (secondary N) is 1. The molecule has 2 rings (SSSR count). The minimum Gasteiger partial charge on any atom is -0.383 e. The van der Waals surface area contributed by atoms with E-state index >= 15 is 0 Å². The maximum absolute atomic E-state index is 5.88. The van der Waals surface area contributed by atoms with E-state index in [1.807, 2.05) is 0 Å². The summed E-state index contributed by atoms with van der Waals surface area (Å²) in [6.45, 7) is 4.26. The van der Waals surface area contributed by atoms with Crippen molar-refractivity contribution in [1.29, 1.82) is 0 Å². The van der Waals surface area contributed by atoms with Gasteiger partial charge in [-0.2, -0.15) is 0 Å². The quantitative estimate of drug-likeness (QED) is 0.663. The van der Waals surface area contributed by atoms with Gasteiger partial charge in [0.25, 0.3) is 0 Å². The number of hydrogen-bond donors (Lipinski definition) is 1. The number of rotatable bonds is 10. The van der Waals surface area contributed by atoms with E-state index in [0.717, 1.165) is 43.3 Å². The SMILES string of the molecule is COCCNCC(COCC1CC1)c1ccc(Br)cc1. The minimum absolute atomic E-state index is 0.402. The van der Waals surface area contributed by atoms with Gasteiger partial charge in [0.1, 0.15) is 0 Å². The van der Waals surface area contributed by atoms with Crippen LogP contribution in [0.5, 0.6) is 0 Å². The van der Waals surface area contributed by atoms with Crippen molar-refractivity contribution in [2.24, 2.45) is 5.92 Å². The molecule has 1 N–H and O–H groups in total. The van der Waals surface area contributed by atoms with Gasteiger partial charge >= 0.3 is 0 Å². The standard InChI is InChI=1S/C16H24BrNO2/c1-19-9-8-18-10-15(12-20-11-13-2-3-13)14-4-6-16(17)7-5-14/h4-7,13,15,18H,2-3,8-12H2,1H3. The molecule has 0 saturated heterocycles. The fourth-order valence-electron chi connectivity index (χ4n) is 2.12. The van der Waals surface area contributed by atoms with Crippen molar-refractivity contribution >= 4 is 15.9 Å². The molecule has 1 unspecified atom stereocenters. The Balaban J connectivity index is 1.82. The summed E-state index contributed by atoms with van der Waals surface area (Å²) in [4.78, 5) is 0. The van der Waals surface area contributed by atoms with Crippen molar-refractivity contribution in [2.75, 3.05) is 40.0 Å². The van der Waals surface area contributed by atoms with Gasteiger partial charge in [0, 0.05) is 37.2 Å². The van der Waals surface area contributed by atoms with Gasteiger partial charge in [0.05, 0.1) is 13.2 Å². The second kappa shape index (κ2) is 8.78. The summed E-state index contributed by atoms with van der Waals surface area (Å²) in [5.41, 5.74) is 1.33.